The fraction of sp³-hybridized carbons (Fsp3) is 0.833. The molecule has 1 aliphatic carbocycles. The minimum atomic E-state index is -0.178. The van der Waals surface area contributed by atoms with Crippen molar-refractivity contribution < 1.29 is 5.11 Å². The second kappa shape index (κ2) is 5.31. The van der Waals surface area contributed by atoms with Crippen molar-refractivity contribution in [2.45, 2.75) is 51.5 Å². The molecule has 0 bridgehead atoms. The highest BCUT2D eigenvalue weighted by Crippen LogP contribution is 2.35. The number of rotatable bonds is 4. The van der Waals surface area contributed by atoms with Crippen LogP contribution in [-0.4, -0.2) is 26.6 Å². The first-order valence-corrected chi connectivity index (χ1v) is 7.16. The first kappa shape index (κ1) is 12.8. The van der Waals surface area contributed by atoms with Gasteiger partial charge < -0.3 is 10.4 Å². The van der Waals surface area contributed by atoms with E-state index in [2.05, 4.69) is 28.5 Å². The number of aliphatic hydroxyl groups excluding tert-OH is 1. The van der Waals surface area contributed by atoms with E-state index in [1.807, 2.05) is 0 Å². The molecule has 2 atom stereocenters. The normalized spacial score (nSPS) is 29.2. The summed E-state index contributed by atoms with van der Waals surface area (Å²) in [6, 6.07) is 0. The van der Waals surface area contributed by atoms with Crippen LogP contribution in [0, 0.1) is 5.92 Å². The zero-order valence-corrected chi connectivity index (χ0v) is 11.4. The summed E-state index contributed by atoms with van der Waals surface area (Å²) in [6.45, 7) is 4.48. The molecule has 1 aromatic rings. The average Bonchev–Trinajstić information content (AvgIpc) is 2.76. The van der Waals surface area contributed by atoms with Crippen LogP contribution >= 0.6 is 11.5 Å². The molecule has 0 aromatic carbocycles. The SMILES string of the molecule is CCc1nsc(NC2(CO)CCCC(C)C2)n1. The van der Waals surface area contributed by atoms with Gasteiger partial charge >= 0.3 is 0 Å². The van der Waals surface area contributed by atoms with Crippen LogP contribution in [0.2, 0.25) is 0 Å². The van der Waals surface area contributed by atoms with Gasteiger partial charge in [-0.15, -0.1) is 0 Å². The third kappa shape index (κ3) is 2.96. The third-order valence-corrected chi connectivity index (χ3v) is 4.22. The quantitative estimate of drug-likeness (QED) is 0.867. The maximum atomic E-state index is 9.68. The second-order valence-electron chi connectivity index (χ2n) is 5.13. The molecule has 0 aliphatic heterocycles. The Labute approximate surface area is 107 Å². The van der Waals surface area contributed by atoms with E-state index in [-0.39, 0.29) is 12.1 Å². The Morgan fingerprint density at radius 1 is 1.59 bits per heavy atom. The van der Waals surface area contributed by atoms with Crippen LogP contribution in [-0.2, 0) is 6.42 Å². The van der Waals surface area contributed by atoms with Crippen molar-refractivity contribution in [3.05, 3.63) is 5.82 Å². The van der Waals surface area contributed by atoms with Crippen LogP contribution in [0.3, 0.4) is 0 Å². The van der Waals surface area contributed by atoms with Crippen molar-refractivity contribution in [1.29, 1.82) is 0 Å². The van der Waals surface area contributed by atoms with Gasteiger partial charge in [-0.1, -0.05) is 26.7 Å². The monoisotopic (exact) mass is 255 g/mol. The van der Waals surface area contributed by atoms with Gasteiger partial charge in [0.2, 0.25) is 5.13 Å². The molecular weight excluding hydrogens is 234 g/mol. The van der Waals surface area contributed by atoms with E-state index in [9.17, 15) is 5.11 Å². The molecule has 1 saturated carbocycles. The van der Waals surface area contributed by atoms with Crippen molar-refractivity contribution in [1.82, 2.24) is 9.36 Å². The van der Waals surface area contributed by atoms with Crippen molar-refractivity contribution >= 4 is 16.7 Å². The van der Waals surface area contributed by atoms with Gasteiger partial charge in [-0.2, -0.15) is 4.37 Å². The third-order valence-electron chi connectivity index (χ3n) is 3.55. The summed E-state index contributed by atoms with van der Waals surface area (Å²) in [7, 11) is 0. The molecular formula is C12H21N3OS. The molecule has 0 radical (unpaired) electrons. The molecule has 96 valence electrons. The van der Waals surface area contributed by atoms with E-state index in [1.165, 1.54) is 24.4 Å². The molecule has 17 heavy (non-hydrogen) atoms. The predicted molar refractivity (Wildman–Crippen MR) is 70.4 cm³/mol. The minimum absolute atomic E-state index is 0.178. The van der Waals surface area contributed by atoms with E-state index in [0.717, 1.165) is 30.2 Å². The van der Waals surface area contributed by atoms with Crippen LogP contribution in [0.15, 0.2) is 0 Å². The number of anilines is 1. The number of aliphatic hydroxyl groups is 1. The minimum Gasteiger partial charge on any atom is -0.394 e. The molecule has 4 nitrogen and oxygen atoms in total. The Kier molecular flexibility index (Phi) is 3.99. The van der Waals surface area contributed by atoms with E-state index in [1.54, 1.807) is 0 Å². The fourth-order valence-corrected chi connectivity index (χ4v) is 3.40. The van der Waals surface area contributed by atoms with Crippen molar-refractivity contribution in [2.24, 2.45) is 5.92 Å². The molecule has 1 heterocycles. The smallest absolute Gasteiger partial charge is 0.203 e. The molecule has 1 aromatic heterocycles. The zero-order chi connectivity index (χ0) is 12.3. The molecule has 1 fully saturated rings. The van der Waals surface area contributed by atoms with Crippen LogP contribution < -0.4 is 5.32 Å². The molecule has 1 aliphatic rings. The molecule has 2 N–H and O–H groups in total. The Bertz CT molecular complexity index is 368. The zero-order valence-electron chi connectivity index (χ0n) is 10.6. The van der Waals surface area contributed by atoms with E-state index in [4.69, 9.17) is 0 Å². The highest BCUT2D eigenvalue weighted by atomic mass is 32.1. The summed E-state index contributed by atoms with van der Waals surface area (Å²) in [5, 5.41) is 14.0. The lowest BCUT2D eigenvalue weighted by atomic mass is 9.77. The molecule has 0 amide bonds. The van der Waals surface area contributed by atoms with Crippen molar-refractivity contribution in [3.8, 4) is 0 Å². The summed E-state index contributed by atoms with van der Waals surface area (Å²) in [4.78, 5) is 4.43. The molecule has 0 saturated heterocycles. The molecule has 2 unspecified atom stereocenters. The highest BCUT2D eigenvalue weighted by molar-refractivity contribution is 7.09. The van der Waals surface area contributed by atoms with Gasteiger partial charge in [-0.3, -0.25) is 0 Å². The molecule has 5 heteroatoms. The van der Waals surface area contributed by atoms with Gasteiger partial charge in [0.15, 0.2) is 0 Å². The Morgan fingerprint density at radius 3 is 3.00 bits per heavy atom. The highest BCUT2D eigenvalue weighted by Gasteiger charge is 2.35. The average molecular weight is 255 g/mol. The van der Waals surface area contributed by atoms with Crippen LogP contribution in [0.1, 0.15) is 45.4 Å². The maximum absolute atomic E-state index is 9.68. The first-order valence-electron chi connectivity index (χ1n) is 6.39. The first-order chi connectivity index (χ1) is 8.17. The van der Waals surface area contributed by atoms with Gasteiger partial charge in [-0.05, 0) is 18.8 Å². The fourth-order valence-electron chi connectivity index (χ4n) is 2.63. The van der Waals surface area contributed by atoms with Crippen molar-refractivity contribution in [3.63, 3.8) is 0 Å². The molecule has 2 rings (SSSR count). The number of hydrogen-bond donors (Lipinski definition) is 2. The maximum Gasteiger partial charge on any atom is 0.203 e. The number of aryl methyl sites for hydroxylation is 1. The van der Waals surface area contributed by atoms with Crippen LogP contribution in [0.25, 0.3) is 0 Å². The van der Waals surface area contributed by atoms with Crippen molar-refractivity contribution in [2.75, 3.05) is 11.9 Å². The number of aromatic nitrogens is 2. The van der Waals surface area contributed by atoms with Gasteiger partial charge in [-0.25, -0.2) is 4.98 Å². The predicted octanol–water partition coefficient (Wildman–Crippen LogP) is 2.45. The Hall–Kier alpha value is -0.680. The van der Waals surface area contributed by atoms with Gasteiger partial charge in [0, 0.05) is 18.0 Å². The van der Waals surface area contributed by atoms with E-state index < -0.39 is 0 Å². The summed E-state index contributed by atoms with van der Waals surface area (Å²) in [5.41, 5.74) is -0.178. The van der Waals surface area contributed by atoms with Gasteiger partial charge in [0.25, 0.3) is 0 Å². The number of hydrogen-bond acceptors (Lipinski definition) is 5. The standard InChI is InChI=1S/C12H21N3OS/c1-3-10-13-11(17-15-10)14-12(8-16)6-4-5-9(2)7-12/h9,16H,3-8H2,1-2H3,(H,13,14,15). The lowest BCUT2D eigenvalue weighted by Gasteiger charge is -2.39. The lowest BCUT2D eigenvalue weighted by Crippen LogP contribution is -2.45. The summed E-state index contributed by atoms with van der Waals surface area (Å²) in [6.07, 6.45) is 5.34. The van der Waals surface area contributed by atoms with Gasteiger partial charge in [0.05, 0.1) is 12.1 Å². The molecule has 0 spiro atoms. The van der Waals surface area contributed by atoms with Crippen LogP contribution in [0.5, 0.6) is 0 Å². The topological polar surface area (TPSA) is 58.0 Å². The lowest BCUT2D eigenvalue weighted by molar-refractivity contribution is 0.149. The largest absolute Gasteiger partial charge is 0.394 e. The number of nitrogens with one attached hydrogen (secondary N) is 1. The Balaban J connectivity index is 2.07. The summed E-state index contributed by atoms with van der Waals surface area (Å²) in [5.74, 6) is 1.55. The van der Waals surface area contributed by atoms with Crippen LogP contribution in [0.4, 0.5) is 5.13 Å². The summed E-state index contributed by atoms with van der Waals surface area (Å²) >= 11 is 1.40. The number of nitrogens with zero attached hydrogens (tertiary/aromatic N) is 2. The van der Waals surface area contributed by atoms with Gasteiger partial charge in [0.1, 0.15) is 5.82 Å². The Morgan fingerprint density at radius 2 is 2.41 bits per heavy atom. The summed E-state index contributed by atoms with van der Waals surface area (Å²) < 4.78 is 4.27. The van der Waals surface area contributed by atoms with E-state index in [0.29, 0.717) is 5.92 Å². The second-order valence-corrected chi connectivity index (χ2v) is 5.89. The van der Waals surface area contributed by atoms with E-state index >= 15 is 0 Å².